The number of nitrogens with zero attached hydrogens (tertiary/aromatic N) is 3. The molecule has 0 bridgehead atoms. The first-order chi connectivity index (χ1) is 8.60. The minimum Gasteiger partial charge on any atom is -0.298 e. The van der Waals surface area contributed by atoms with E-state index >= 15 is 0 Å². The summed E-state index contributed by atoms with van der Waals surface area (Å²) in [5.41, 5.74) is 1.85. The van der Waals surface area contributed by atoms with E-state index in [0.717, 1.165) is 26.3 Å². The molecule has 0 radical (unpaired) electrons. The average Bonchev–Trinajstić information content (AvgIpc) is 2.85. The minimum absolute atomic E-state index is 0.0480. The number of hydrogen-bond acceptors (Lipinski definition) is 6. The van der Waals surface area contributed by atoms with Crippen LogP contribution in [0.4, 0.5) is 0 Å². The van der Waals surface area contributed by atoms with Gasteiger partial charge in [0.15, 0.2) is 5.78 Å². The largest absolute Gasteiger partial charge is 0.298 e. The summed E-state index contributed by atoms with van der Waals surface area (Å²) >= 11 is 3.06. The van der Waals surface area contributed by atoms with E-state index in [0.29, 0.717) is 0 Å². The van der Waals surface area contributed by atoms with Crippen LogP contribution in [0.15, 0.2) is 5.38 Å². The third-order valence-corrected chi connectivity index (χ3v) is 4.26. The highest BCUT2D eigenvalue weighted by molar-refractivity contribution is 7.16. The van der Waals surface area contributed by atoms with Gasteiger partial charge in [0.2, 0.25) is 0 Å². The molecule has 0 aromatic carbocycles. The lowest BCUT2D eigenvalue weighted by molar-refractivity contribution is -0.117. The third kappa shape index (κ3) is 2.81. The van der Waals surface area contributed by atoms with E-state index in [4.69, 9.17) is 5.26 Å². The number of Topliss-reactive ketones (excluding diaryl/α,β-unsaturated/α-hetero) is 1. The number of aryl methyl sites for hydroxylation is 2. The molecular weight excluding hydrogens is 266 g/mol. The van der Waals surface area contributed by atoms with Gasteiger partial charge in [0.05, 0.1) is 40.2 Å². The summed E-state index contributed by atoms with van der Waals surface area (Å²) in [6.07, 6.45) is 0.197. The number of carbonyl (C=O) groups excluding carboxylic acids is 1. The maximum atomic E-state index is 11.4. The van der Waals surface area contributed by atoms with Crippen molar-refractivity contribution in [1.29, 1.82) is 5.26 Å². The fraction of sp³-hybridized carbons (Fsp3) is 0.333. The molecule has 0 spiro atoms. The van der Waals surface area contributed by atoms with E-state index in [1.165, 1.54) is 11.3 Å². The van der Waals surface area contributed by atoms with Crippen LogP contribution in [0.2, 0.25) is 0 Å². The number of hydrogen-bond donors (Lipinski definition) is 0. The lowest BCUT2D eigenvalue weighted by Gasteiger charge is -1.92. The Morgan fingerprint density at radius 2 is 2.22 bits per heavy atom. The first-order valence-electron chi connectivity index (χ1n) is 5.37. The second-order valence-corrected chi connectivity index (χ2v) is 5.97. The topological polar surface area (TPSA) is 66.6 Å². The highest BCUT2D eigenvalue weighted by Crippen LogP contribution is 2.30. The Labute approximate surface area is 113 Å². The maximum absolute atomic E-state index is 11.4. The molecule has 18 heavy (non-hydrogen) atoms. The molecule has 6 heteroatoms. The van der Waals surface area contributed by atoms with E-state index in [1.807, 2.05) is 25.3 Å². The molecule has 0 fully saturated rings. The summed E-state index contributed by atoms with van der Waals surface area (Å²) in [4.78, 5) is 21.2. The molecule has 0 saturated heterocycles. The van der Waals surface area contributed by atoms with Gasteiger partial charge in [0.25, 0.3) is 0 Å². The van der Waals surface area contributed by atoms with E-state index in [-0.39, 0.29) is 18.6 Å². The first kappa shape index (κ1) is 12.9. The number of rotatable bonds is 4. The average molecular weight is 277 g/mol. The monoisotopic (exact) mass is 277 g/mol. The zero-order valence-corrected chi connectivity index (χ0v) is 11.7. The van der Waals surface area contributed by atoms with E-state index in [2.05, 4.69) is 9.97 Å². The molecular formula is C12H11N3OS2. The van der Waals surface area contributed by atoms with Crippen LogP contribution in [-0.4, -0.2) is 15.8 Å². The molecule has 92 valence electrons. The van der Waals surface area contributed by atoms with Crippen molar-refractivity contribution in [3.8, 4) is 16.6 Å². The van der Waals surface area contributed by atoms with Crippen molar-refractivity contribution in [3.05, 3.63) is 21.1 Å². The highest BCUT2D eigenvalue weighted by Gasteiger charge is 2.13. The molecule has 4 nitrogen and oxygen atoms in total. The van der Waals surface area contributed by atoms with Gasteiger partial charge in [0.1, 0.15) is 5.01 Å². The number of nitriles is 1. The minimum atomic E-state index is -0.0874. The second kappa shape index (κ2) is 5.38. The van der Waals surface area contributed by atoms with Crippen LogP contribution < -0.4 is 0 Å². The van der Waals surface area contributed by atoms with Gasteiger partial charge in [-0.25, -0.2) is 9.97 Å². The number of thiazole rings is 2. The smallest absolute Gasteiger partial charge is 0.153 e. The fourth-order valence-electron chi connectivity index (χ4n) is 1.58. The normalized spacial score (nSPS) is 10.3. The van der Waals surface area contributed by atoms with Gasteiger partial charge in [-0.1, -0.05) is 0 Å². The van der Waals surface area contributed by atoms with Crippen LogP contribution in [0, 0.1) is 25.2 Å². The summed E-state index contributed by atoms with van der Waals surface area (Å²) in [5.74, 6) is -0.0874. The van der Waals surface area contributed by atoms with Crippen molar-refractivity contribution >= 4 is 28.5 Å². The third-order valence-electron chi connectivity index (χ3n) is 2.31. The standard InChI is InChI=1S/C12H11N3OS2/c1-7-12(18-8(2)14-7)10-6-17-11(15-10)5-9(16)3-4-13/h6H,3,5H2,1-2H3. The molecule has 0 saturated carbocycles. The molecule has 2 heterocycles. The summed E-state index contributed by atoms with van der Waals surface area (Å²) in [6.45, 7) is 3.92. The molecule has 2 aromatic rings. The maximum Gasteiger partial charge on any atom is 0.153 e. The molecule has 0 N–H and O–H groups in total. The van der Waals surface area contributed by atoms with Crippen LogP contribution in [0.3, 0.4) is 0 Å². The van der Waals surface area contributed by atoms with Crippen molar-refractivity contribution < 1.29 is 4.79 Å². The Kier molecular flexibility index (Phi) is 3.84. The lowest BCUT2D eigenvalue weighted by atomic mass is 10.2. The van der Waals surface area contributed by atoms with Crippen molar-refractivity contribution in [1.82, 2.24) is 9.97 Å². The van der Waals surface area contributed by atoms with E-state index in [1.54, 1.807) is 11.3 Å². The summed E-state index contributed by atoms with van der Waals surface area (Å²) in [6, 6.07) is 1.86. The van der Waals surface area contributed by atoms with Crippen LogP contribution >= 0.6 is 22.7 Å². The zero-order valence-electron chi connectivity index (χ0n) is 10.1. The Bertz CT molecular complexity index is 622. The molecule has 0 atom stereocenters. The van der Waals surface area contributed by atoms with Crippen LogP contribution in [0.5, 0.6) is 0 Å². The summed E-state index contributed by atoms with van der Waals surface area (Å²) in [7, 11) is 0. The van der Waals surface area contributed by atoms with Crippen molar-refractivity contribution in [2.24, 2.45) is 0 Å². The van der Waals surface area contributed by atoms with E-state index in [9.17, 15) is 4.79 Å². The predicted octanol–water partition coefficient (Wildman–Crippen LogP) is 2.91. The second-order valence-electron chi connectivity index (χ2n) is 3.82. The molecule has 0 unspecified atom stereocenters. The van der Waals surface area contributed by atoms with Gasteiger partial charge < -0.3 is 0 Å². The Morgan fingerprint density at radius 3 is 2.83 bits per heavy atom. The number of carbonyl (C=O) groups is 1. The molecule has 2 rings (SSSR count). The van der Waals surface area contributed by atoms with Crippen LogP contribution in [0.25, 0.3) is 10.6 Å². The van der Waals surface area contributed by atoms with E-state index < -0.39 is 0 Å². The predicted molar refractivity (Wildman–Crippen MR) is 71.6 cm³/mol. The van der Waals surface area contributed by atoms with Gasteiger partial charge in [-0.3, -0.25) is 4.79 Å². The Balaban J connectivity index is 2.18. The van der Waals surface area contributed by atoms with Crippen LogP contribution in [0.1, 0.15) is 22.1 Å². The molecule has 0 aliphatic rings. The molecule has 0 aliphatic heterocycles. The quantitative estimate of drug-likeness (QED) is 0.861. The van der Waals surface area contributed by atoms with Gasteiger partial charge in [-0.2, -0.15) is 5.26 Å². The fourth-order valence-corrected chi connectivity index (χ4v) is 3.35. The van der Waals surface area contributed by atoms with Gasteiger partial charge in [0, 0.05) is 5.38 Å². The molecule has 2 aromatic heterocycles. The summed E-state index contributed by atoms with van der Waals surface area (Å²) in [5, 5.41) is 12.2. The lowest BCUT2D eigenvalue weighted by Crippen LogP contribution is -2.00. The van der Waals surface area contributed by atoms with Crippen molar-refractivity contribution in [2.75, 3.05) is 0 Å². The zero-order chi connectivity index (χ0) is 13.1. The molecule has 0 aliphatic carbocycles. The van der Waals surface area contributed by atoms with Gasteiger partial charge in [-0.15, -0.1) is 22.7 Å². The van der Waals surface area contributed by atoms with Gasteiger partial charge in [-0.05, 0) is 13.8 Å². The number of ketones is 1. The molecule has 0 amide bonds. The van der Waals surface area contributed by atoms with Crippen molar-refractivity contribution in [3.63, 3.8) is 0 Å². The Hall–Kier alpha value is -1.58. The number of aromatic nitrogens is 2. The van der Waals surface area contributed by atoms with Crippen LogP contribution in [-0.2, 0) is 11.2 Å². The highest BCUT2D eigenvalue weighted by atomic mass is 32.1. The first-order valence-corrected chi connectivity index (χ1v) is 7.07. The Morgan fingerprint density at radius 1 is 1.44 bits per heavy atom. The van der Waals surface area contributed by atoms with Gasteiger partial charge >= 0.3 is 0 Å². The summed E-state index contributed by atoms with van der Waals surface area (Å²) < 4.78 is 0. The SMILES string of the molecule is Cc1nc(C)c(-c2csc(CC(=O)CC#N)n2)s1. The van der Waals surface area contributed by atoms with Crippen molar-refractivity contribution in [2.45, 2.75) is 26.7 Å².